The molecule has 2 aromatic heterocycles. The standard InChI is InChI=1S/C22H18N4O3S/c1-14-16(21-26-20-18(29-21)11-6-12-23-20)9-5-10-17(14)24-22(30)25-19(27)13-28-15-7-3-2-4-8-15/h2-12H,13H2,1H3,(H2,24,25,27,30). The van der Waals surface area contributed by atoms with E-state index in [0.717, 1.165) is 16.8 Å². The summed E-state index contributed by atoms with van der Waals surface area (Å²) < 4.78 is 11.2. The molecule has 30 heavy (non-hydrogen) atoms. The van der Waals surface area contributed by atoms with Crippen LogP contribution in [0.1, 0.15) is 5.56 Å². The lowest BCUT2D eigenvalue weighted by atomic mass is 10.1. The SMILES string of the molecule is Cc1c(NC(=S)NC(=O)COc2ccccc2)cccc1-c1nc2ncccc2o1. The molecule has 150 valence electrons. The zero-order valence-corrected chi connectivity index (χ0v) is 16.9. The van der Waals surface area contributed by atoms with Crippen molar-refractivity contribution in [1.82, 2.24) is 15.3 Å². The number of nitrogens with one attached hydrogen (secondary N) is 2. The Hall–Kier alpha value is -3.78. The van der Waals surface area contributed by atoms with Crippen LogP contribution in [0, 0.1) is 6.92 Å². The number of benzene rings is 2. The van der Waals surface area contributed by atoms with Crippen LogP contribution in [0.25, 0.3) is 22.7 Å². The van der Waals surface area contributed by atoms with Crippen LogP contribution in [-0.2, 0) is 4.79 Å². The fraction of sp³-hybridized carbons (Fsp3) is 0.0909. The number of nitrogens with zero attached hydrogens (tertiary/aromatic N) is 2. The Balaban J connectivity index is 1.42. The van der Waals surface area contributed by atoms with Gasteiger partial charge in [0.05, 0.1) is 0 Å². The molecule has 0 spiro atoms. The lowest BCUT2D eigenvalue weighted by molar-refractivity contribution is -0.121. The van der Waals surface area contributed by atoms with Crippen LogP contribution in [-0.4, -0.2) is 27.6 Å². The zero-order valence-electron chi connectivity index (χ0n) is 16.1. The minimum absolute atomic E-state index is 0.138. The number of aromatic nitrogens is 2. The molecular formula is C22H18N4O3S. The van der Waals surface area contributed by atoms with Crippen molar-refractivity contribution in [2.75, 3.05) is 11.9 Å². The summed E-state index contributed by atoms with van der Waals surface area (Å²) in [6.45, 7) is 1.78. The molecule has 4 aromatic rings. The highest BCUT2D eigenvalue weighted by Gasteiger charge is 2.14. The lowest BCUT2D eigenvalue weighted by Gasteiger charge is -2.13. The summed E-state index contributed by atoms with van der Waals surface area (Å²) in [4.78, 5) is 20.7. The van der Waals surface area contributed by atoms with E-state index >= 15 is 0 Å². The third kappa shape index (κ3) is 4.44. The van der Waals surface area contributed by atoms with Crippen molar-refractivity contribution < 1.29 is 13.9 Å². The van der Waals surface area contributed by atoms with Crippen LogP contribution >= 0.6 is 12.2 Å². The summed E-state index contributed by atoms with van der Waals surface area (Å²) in [6.07, 6.45) is 1.67. The molecule has 0 aliphatic carbocycles. The second kappa shape index (κ2) is 8.71. The predicted molar refractivity (Wildman–Crippen MR) is 118 cm³/mol. The maximum absolute atomic E-state index is 12.1. The molecule has 7 nitrogen and oxygen atoms in total. The first-order valence-corrected chi connectivity index (χ1v) is 9.61. The number of fused-ring (bicyclic) bond motifs is 1. The maximum Gasteiger partial charge on any atom is 0.264 e. The number of hydrogen-bond donors (Lipinski definition) is 2. The van der Waals surface area contributed by atoms with Gasteiger partial charge in [-0.25, -0.2) is 4.98 Å². The van der Waals surface area contributed by atoms with E-state index in [4.69, 9.17) is 21.4 Å². The number of pyridine rings is 1. The Morgan fingerprint density at radius 1 is 1.10 bits per heavy atom. The highest BCUT2D eigenvalue weighted by molar-refractivity contribution is 7.80. The number of ether oxygens (including phenoxy) is 1. The maximum atomic E-state index is 12.1. The molecule has 2 N–H and O–H groups in total. The molecule has 8 heteroatoms. The van der Waals surface area contributed by atoms with Gasteiger partial charge in [0.2, 0.25) is 5.89 Å². The number of amides is 1. The van der Waals surface area contributed by atoms with Crippen molar-refractivity contribution >= 4 is 40.2 Å². The minimum Gasteiger partial charge on any atom is -0.484 e. The third-order valence-electron chi connectivity index (χ3n) is 4.34. The molecule has 0 radical (unpaired) electrons. The van der Waals surface area contributed by atoms with E-state index in [0.29, 0.717) is 22.9 Å². The monoisotopic (exact) mass is 418 g/mol. The number of oxazole rings is 1. The van der Waals surface area contributed by atoms with Crippen molar-refractivity contribution in [2.45, 2.75) is 6.92 Å². The predicted octanol–water partition coefficient (Wildman–Crippen LogP) is 4.09. The minimum atomic E-state index is -0.352. The van der Waals surface area contributed by atoms with E-state index in [9.17, 15) is 4.79 Å². The third-order valence-corrected chi connectivity index (χ3v) is 4.55. The highest BCUT2D eigenvalue weighted by Crippen LogP contribution is 2.29. The summed E-state index contributed by atoms with van der Waals surface area (Å²) in [5.41, 5.74) is 3.58. The summed E-state index contributed by atoms with van der Waals surface area (Å²) in [7, 11) is 0. The molecule has 1 amide bonds. The average molecular weight is 418 g/mol. The van der Waals surface area contributed by atoms with Gasteiger partial charge in [-0.3, -0.25) is 10.1 Å². The second-order valence-corrected chi connectivity index (χ2v) is 6.83. The van der Waals surface area contributed by atoms with Crippen LogP contribution in [0.3, 0.4) is 0 Å². The molecule has 0 saturated heterocycles. The topological polar surface area (TPSA) is 89.3 Å². The number of carbonyl (C=O) groups excluding carboxylic acids is 1. The normalized spacial score (nSPS) is 10.6. The van der Waals surface area contributed by atoms with Crippen LogP contribution in [0.4, 0.5) is 5.69 Å². The molecule has 2 aromatic carbocycles. The van der Waals surface area contributed by atoms with Crippen LogP contribution in [0.2, 0.25) is 0 Å². The van der Waals surface area contributed by atoms with Crippen LogP contribution in [0.15, 0.2) is 71.3 Å². The van der Waals surface area contributed by atoms with Gasteiger partial charge in [0, 0.05) is 17.4 Å². The Kier molecular flexibility index (Phi) is 5.67. The van der Waals surface area contributed by atoms with Crippen molar-refractivity contribution in [3.05, 3.63) is 72.4 Å². The van der Waals surface area contributed by atoms with Gasteiger partial charge in [-0.15, -0.1) is 0 Å². The second-order valence-electron chi connectivity index (χ2n) is 6.43. The number of thiocarbonyl (C=S) groups is 1. The summed E-state index contributed by atoms with van der Waals surface area (Å²) in [6, 6.07) is 18.3. The quantitative estimate of drug-likeness (QED) is 0.472. The van der Waals surface area contributed by atoms with Crippen molar-refractivity contribution in [2.24, 2.45) is 0 Å². The highest BCUT2D eigenvalue weighted by atomic mass is 32.1. The average Bonchev–Trinajstić information content (AvgIpc) is 3.18. The number of anilines is 1. The molecule has 0 aliphatic rings. The zero-order chi connectivity index (χ0) is 20.9. The summed E-state index contributed by atoms with van der Waals surface area (Å²) in [5, 5.41) is 5.83. The first kappa shape index (κ1) is 19.5. The van der Waals surface area contributed by atoms with E-state index in [2.05, 4.69) is 20.6 Å². The number of hydrogen-bond acceptors (Lipinski definition) is 6. The number of rotatable bonds is 5. The Labute approximate surface area is 178 Å². The fourth-order valence-corrected chi connectivity index (χ4v) is 3.09. The van der Waals surface area contributed by atoms with E-state index in [1.165, 1.54) is 0 Å². The lowest BCUT2D eigenvalue weighted by Crippen LogP contribution is -2.37. The van der Waals surface area contributed by atoms with Crippen LogP contribution in [0.5, 0.6) is 5.75 Å². The number of para-hydroxylation sites is 1. The largest absolute Gasteiger partial charge is 0.484 e. The van der Waals surface area contributed by atoms with Crippen molar-refractivity contribution in [3.8, 4) is 17.2 Å². The van der Waals surface area contributed by atoms with Gasteiger partial charge in [0.15, 0.2) is 22.9 Å². The van der Waals surface area contributed by atoms with Crippen molar-refractivity contribution in [1.29, 1.82) is 0 Å². The molecule has 4 rings (SSSR count). The first-order chi connectivity index (χ1) is 14.6. The molecule has 0 unspecified atom stereocenters. The molecule has 0 saturated carbocycles. The molecular weight excluding hydrogens is 400 g/mol. The number of carbonyl (C=O) groups is 1. The molecule has 0 atom stereocenters. The van der Waals surface area contributed by atoms with Gasteiger partial charge in [0.25, 0.3) is 5.91 Å². The molecule has 0 bridgehead atoms. The Morgan fingerprint density at radius 2 is 1.93 bits per heavy atom. The van der Waals surface area contributed by atoms with Gasteiger partial charge in [0.1, 0.15) is 5.75 Å². The van der Waals surface area contributed by atoms with Gasteiger partial charge >= 0.3 is 0 Å². The Bertz CT molecular complexity index is 1170. The summed E-state index contributed by atoms with van der Waals surface area (Å²) in [5.74, 6) is 0.731. The van der Waals surface area contributed by atoms with Gasteiger partial charge in [-0.2, -0.15) is 4.98 Å². The first-order valence-electron chi connectivity index (χ1n) is 9.20. The van der Waals surface area contributed by atoms with Gasteiger partial charge in [-0.1, -0.05) is 24.3 Å². The van der Waals surface area contributed by atoms with Crippen LogP contribution < -0.4 is 15.4 Å². The molecule has 2 heterocycles. The van der Waals surface area contributed by atoms with E-state index in [-0.39, 0.29) is 17.6 Å². The van der Waals surface area contributed by atoms with E-state index < -0.39 is 0 Å². The van der Waals surface area contributed by atoms with E-state index in [1.807, 2.05) is 49.4 Å². The molecule has 0 fully saturated rings. The fourth-order valence-electron chi connectivity index (χ4n) is 2.87. The van der Waals surface area contributed by atoms with Crippen molar-refractivity contribution in [3.63, 3.8) is 0 Å². The Morgan fingerprint density at radius 3 is 2.73 bits per heavy atom. The van der Waals surface area contributed by atoms with E-state index in [1.54, 1.807) is 24.4 Å². The van der Waals surface area contributed by atoms with Gasteiger partial charge in [-0.05, 0) is 61.1 Å². The molecule has 0 aliphatic heterocycles. The smallest absolute Gasteiger partial charge is 0.264 e. The summed E-state index contributed by atoms with van der Waals surface area (Å²) >= 11 is 5.27. The van der Waals surface area contributed by atoms with Gasteiger partial charge < -0.3 is 14.5 Å².